The number of aliphatic hydroxyl groups is 1. The summed E-state index contributed by atoms with van der Waals surface area (Å²) >= 11 is 0. The molecule has 1 saturated carbocycles. The second kappa shape index (κ2) is 10.4. The fourth-order valence-electron chi connectivity index (χ4n) is 3.28. The third kappa shape index (κ3) is 6.89. The summed E-state index contributed by atoms with van der Waals surface area (Å²) < 4.78 is 5.99. The first kappa shape index (κ1) is 22.9. The maximum atomic E-state index is 9.52. The molecule has 0 bridgehead atoms. The fourth-order valence-corrected chi connectivity index (χ4v) is 3.28. The van der Waals surface area contributed by atoms with Crippen molar-refractivity contribution in [2.45, 2.75) is 92.2 Å². The highest BCUT2D eigenvalue weighted by Gasteiger charge is 2.29. The molecule has 2 N–H and O–H groups in total. The number of hydrogen-bond donors (Lipinski definition) is 2. The van der Waals surface area contributed by atoms with Crippen molar-refractivity contribution in [3.05, 3.63) is 35.4 Å². The largest absolute Gasteiger partial charge is 0.459 e. The number of ether oxygens (including phenoxy) is 1. The third-order valence-corrected chi connectivity index (χ3v) is 5.46. The van der Waals surface area contributed by atoms with Crippen molar-refractivity contribution in [2.24, 2.45) is 16.3 Å². The third-order valence-electron chi connectivity index (χ3n) is 5.46. The number of nitrogens with one attached hydrogen (secondary N) is 1. The minimum absolute atomic E-state index is 0.0375. The molecule has 2 fully saturated rings. The van der Waals surface area contributed by atoms with Crippen LogP contribution < -0.4 is 5.32 Å². The molecule has 2 atom stereocenters. The Morgan fingerprint density at radius 1 is 1.21 bits per heavy atom. The average Bonchev–Trinajstić information content (AvgIpc) is 3.38. The summed E-state index contributed by atoms with van der Waals surface area (Å²) in [6.45, 7) is 12.9. The molecule has 0 aromatic rings. The van der Waals surface area contributed by atoms with Gasteiger partial charge in [0, 0.05) is 23.6 Å². The Morgan fingerprint density at radius 3 is 2.36 bits per heavy atom. The predicted molar refractivity (Wildman–Crippen MR) is 118 cm³/mol. The maximum Gasteiger partial charge on any atom is 0.148 e. The molecule has 3 rings (SSSR count). The minimum Gasteiger partial charge on any atom is -0.459 e. The minimum atomic E-state index is -0.0375. The lowest BCUT2D eigenvalue weighted by atomic mass is 9.94. The summed E-state index contributed by atoms with van der Waals surface area (Å²) in [6, 6.07) is 0.349. The van der Waals surface area contributed by atoms with Gasteiger partial charge in [-0.2, -0.15) is 0 Å². The molecule has 0 amide bonds. The highest BCUT2D eigenvalue weighted by molar-refractivity contribution is 6.09. The van der Waals surface area contributed by atoms with Crippen LogP contribution in [0.25, 0.3) is 0 Å². The smallest absolute Gasteiger partial charge is 0.148 e. The second-order valence-electron chi connectivity index (χ2n) is 9.29. The van der Waals surface area contributed by atoms with Gasteiger partial charge < -0.3 is 15.2 Å². The highest BCUT2D eigenvalue weighted by Crippen LogP contribution is 2.34. The lowest BCUT2D eigenvalue weighted by molar-refractivity contribution is 0.233. The van der Waals surface area contributed by atoms with E-state index in [0.29, 0.717) is 0 Å². The van der Waals surface area contributed by atoms with Gasteiger partial charge in [0.05, 0.1) is 12.3 Å². The van der Waals surface area contributed by atoms with Crippen LogP contribution in [0.5, 0.6) is 0 Å². The van der Waals surface area contributed by atoms with Gasteiger partial charge in [-0.15, -0.1) is 0 Å². The van der Waals surface area contributed by atoms with Gasteiger partial charge in [0.2, 0.25) is 0 Å². The predicted octanol–water partition coefficient (Wildman–Crippen LogP) is 5.50. The maximum absolute atomic E-state index is 9.52. The molecule has 2 heterocycles. The monoisotopic (exact) mass is 388 g/mol. The molecule has 4 heteroatoms. The lowest BCUT2D eigenvalue weighted by Gasteiger charge is -2.21. The van der Waals surface area contributed by atoms with E-state index in [-0.39, 0.29) is 24.1 Å². The Hall–Kier alpha value is -1.39. The van der Waals surface area contributed by atoms with Crippen LogP contribution in [0.2, 0.25) is 0 Å². The van der Waals surface area contributed by atoms with Crippen LogP contribution in [0, 0.1) is 11.3 Å². The van der Waals surface area contributed by atoms with E-state index in [4.69, 9.17) is 9.73 Å². The molecular formula is C24H40N2O2. The molecule has 1 saturated heterocycles. The van der Waals surface area contributed by atoms with Crippen molar-refractivity contribution in [3.8, 4) is 0 Å². The molecule has 0 aromatic heterocycles. The van der Waals surface area contributed by atoms with E-state index in [2.05, 4.69) is 45.2 Å². The van der Waals surface area contributed by atoms with Crippen molar-refractivity contribution in [1.82, 2.24) is 5.32 Å². The number of nitrogens with zero attached hydrogens (tertiary/aromatic N) is 1. The summed E-state index contributed by atoms with van der Waals surface area (Å²) in [5, 5.41) is 13.1. The van der Waals surface area contributed by atoms with Crippen molar-refractivity contribution in [2.75, 3.05) is 6.61 Å². The topological polar surface area (TPSA) is 53.9 Å². The highest BCUT2D eigenvalue weighted by atomic mass is 16.5. The number of aliphatic hydroxyl groups excluding tert-OH is 1. The normalized spacial score (nSPS) is 29.1. The number of rotatable bonds is 3. The molecule has 3 aliphatic rings. The van der Waals surface area contributed by atoms with Crippen molar-refractivity contribution in [3.63, 3.8) is 0 Å². The van der Waals surface area contributed by atoms with Gasteiger partial charge in [0.1, 0.15) is 17.2 Å². The summed E-state index contributed by atoms with van der Waals surface area (Å²) in [5.74, 6) is 2.86. The number of hydrogen-bond acceptors (Lipinski definition) is 4. The molecule has 4 nitrogen and oxygen atoms in total. The first-order chi connectivity index (χ1) is 13.3. The summed E-state index contributed by atoms with van der Waals surface area (Å²) in [5.41, 5.74) is 1.88. The van der Waals surface area contributed by atoms with E-state index in [1.165, 1.54) is 12.8 Å². The van der Waals surface area contributed by atoms with Gasteiger partial charge in [0.15, 0.2) is 0 Å². The van der Waals surface area contributed by atoms with Gasteiger partial charge in [-0.25, -0.2) is 4.99 Å². The average molecular weight is 389 g/mol. The van der Waals surface area contributed by atoms with Crippen molar-refractivity contribution < 1.29 is 9.84 Å². The molecule has 0 radical (unpaired) electrons. The van der Waals surface area contributed by atoms with E-state index in [9.17, 15) is 5.11 Å². The Bertz CT molecular complexity index is 633. The van der Waals surface area contributed by atoms with E-state index >= 15 is 0 Å². The van der Waals surface area contributed by atoms with E-state index in [1.807, 2.05) is 19.9 Å². The van der Waals surface area contributed by atoms with Crippen LogP contribution in [0.15, 0.2) is 40.4 Å². The van der Waals surface area contributed by atoms with Crippen LogP contribution >= 0.6 is 0 Å². The fraction of sp³-hybridized carbons (Fsp3) is 0.708. The molecular weight excluding hydrogens is 348 g/mol. The molecule has 158 valence electrons. The lowest BCUT2D eigenvalue weighted by Crippen LogP contribution is -2.39. The van der Waals surface area contributed by atoms with Crippen LogP contribution in [0.4, 0.5) is 0 Å². The Labute approximate surface area is 171 Å². The summed E-state index contributed by atoms with van der Waals surface area (Å²) in [4.78, 5) is 4.91. The Balaban J connectivity index is 0.000000620. The molecule has 28 heavy (non-hydrogen) atoms. The van der Waals surface area contributed by atoms with Crippen LogP contribution in [-0.4, -0.2) is 29.5 Å². The molecule has 0 aromatic carbocycles. The van der Waals surface area contributed by atoms with E-state index < -0.39 is 0 Å². The van der Waals surface area contributed by atoms with Crippen molar-refractivity contribution >= 4 is 5.71 Å². The molecule has 0 spiro atoms. The zero-order valence-corrected chi connectivity index (χ0v) is 18.7. The van der Waals surface area contributed by atoms with Gasteiger partial charge in [-0.1, -0.05) is 59.5 Å². The molecule has 2 unspecified atom stereocenters. The van der Waals surface area contributed by atoms with Gasteiger partial charge in [-0.3, -0.25) is 0 Å². The molecule has 1 aliphatic carbocycles. The van der Waals surface area contributed by atoms with Gasteiger partial charge >= 0.3 is 0 Å². The van der Waals surface area contributed by atoms with Crippen LogP contribution in [0.1, 0.15) is 80.1 Å². The number of aliphatic imine (C=N–C) groups is 1. The van der Waals surface area contributed by atoms with Crippen molar-refractivity contribution in [1.29, 1.82) is 0 Å². The zero-order valence-electron chi connectivity index (χ0n) is 18.7. The van der Waals surface area contributed by atoms with Gasteiger partial charge in [-0.05, 0) is 38.7 Å². The van der Waals surface area contributed by atoms with E-state index in [0.717, 1.165) is 54.5 Å². The quantitative estimate of drug-likeness (QED) is 0.671. The van der Waals surface area contributed by atoms with Gasteiger partial charge in [0.25, 0.3) is 0 Å². The summed E-state index contributed by atoms with van der Waals surface area (Å²) in [6.07, 6.45) is 13.5. The van der Waals surface area contributed by atoms with Crippen LogP contribution in [0.3, 0.4) is 0 Å². The standard InChI is InChI=1S/C20H32N2O2.C4H8/c1-6-15(16-11-9-8-10-14(13-23)21-16)22-17-12-19(20(3,4)5)24-18(17)7-2;1-4-2-3-4/h6-7,12,14,16,21,23H,8-11,13H2,1-5H3;4H,2-3H2,1H3/b15-6-,18-7+,22-17-;. The first-order valence-corrected chi connectivity index (χ1v) is 11.0. The second-order valence-corrected chi connectivity index (χ2v) is 9.29. The first-order valence-electron chi connectivity index (χ1n) is 11.0. The Kier molecular flexibility index (Phi) is 8.51. The molecule has 2 aliphatic heterocycles. The summed E-state index contributed by atoms with van der Waals surface area (Å²) in [7, 11) is 0. The van der Waals surface area contributed by atoms with Crippen LogP contribution in [-0.2, 0) is 4.74 Å². The Morgan fingerprint density at radius 2 is 1.86 bits per heavy atom. The zero-order chi connectivity index (χ0) is 20.7. The SMILES string of the molecule is CC1CC1.C\C=C(/N=C1/C=C(C(C)(C)C)O/C1=C/C)C1CCCCC(CO)N1. The van der Waals surface area contributed by atoms with E-state index in [1.54, 1.807) is 0 Å². The number of allylic oxidation sites excluding steroid dienone is 4.